The number of phenols is 1. The maximum Gasteiger partial charge on any atom is 0.309 e. The summed E-state index contributed by atoms with van der Waals surface area (Å²) in [6.45, 7) is -1.04. The van der Waals surface area contributed by atoms with Gasteiger partial charge in [0.05, 0.1) is 34.6 Å². The van der Waals surface area contributed by atoms with E-state index in [4.69, 9.17) is 5.11 Å². The van der Waals surface area contributed by atoms with Gasteiger partial charge in [0.2, 0.25) is 10.0 Å². The summed E-state index contributed by atoms with van der Waals surface area (Å²) in [7, 11) is -4.06. The number of sulfonamides is 1. The molecule has 1 fully saturated rings. The highest BCUT2D eigenvalue weighted by Gasteiger charge is 2.42. The van der Waals surface area contributed by atoms with Crippen molar-refractivity contribution >= 4 is 26.9 Å². The van der Waals surface area contributed by atoms with Gasteiger partial charge >= 0.3 is 5.97 Å². The lowest BCUT2D eigenvalue weighted by atomic mass is 10.1. The number of alkyl halides is 1. The number of hydrogen-bond donors (Lipinski definition) is 2. The molecule has 11 heteroatoms. The van der Waals surface area contributed by atoms with Crippen molar-refractivity contribution in [2.24, 2.45) is 0 Å². The molecule has 8 nitrogen and oxygen atoms in total. The predicted molar refractivity (Wildman–Crippen MR) is 106 cm³/mol. The Morgan fingerprint density at radius 3 is 2.55 bits per heavy atom. The molecule has 31 heavy (non-hydrogen) atoms. The fourth-order valence-electron chi connectivity index (χ4n) is 3.96. The molecule has 4 rings (SSSR count). The Kier molecular flexibility index (Phi) is 5.40. The number of phenolic OH excluding ortho intramolecular Hbond substituents is 1. The van der Waals surface area contributed by atoms with Crippen LogP contribution in [0.4, 0.5) is 8.78 Å². The minimum absolute atomic E-state index is 0.0904. The smallest absolute Gasteiger partial charge is 0.309 e. The molecule has 0 saturated carbocycles. The van der Waals surface area contributed by atoms with Gasteiger partial charge in [0.15, 0.2) is 0 Å². The number of carboxylic acids is 1. The first kappa shape index (κ1) is 21.2. The van der Waals surface area contributed by atoms with Crippen LogP contribution in [0, 0.1) is 5.82 Å². The summed E-state index contributed by atoms with van der Waals surface area (Å²) in [6, 6.07) is 7.18. The van der Waals surface area contributed by atoms with Gasteiger partial charge in [-0.3, -0.25) is 9.48 Å². The van der Waals surface area contributed by atoms with Gasteiger partial charge in [-0.25, -0.2) is 17.2 Å². The minimum Gasteiger partial charge on any atom is -0.508 e. The highest BCUT2D eigenvalue weighted by molar-refractivity contribution is 7.89. The Balaban J connectivity index is 1.74. The topological polar surface area (TPSA) is 113 Å². The average molecular weight is 451 g/mol. The largest absolute Gasteiger partial charge is 0.508 e. The van der Waals surface area contributed by atoms with E-state index in [2.05, 4.69) is 5.10 Å². The highest BCUT2D eigenvalue weighted by Crippen LogP contribution is 2.35. The second kappa shape index (κ2) is 7.89. The monoisotopic (exact) mass is 451 g/mol. The lowest BCUT2D eigenvalue weighted by Crippen LogP contribution is -2.37. The van der Waals surface area contributed by atoms with Crippen LogP contribution in [-0.2, 0) is 21.2 Å². The quantitative estimate of drug-likeness (QED) is 0.596. The number of benzene rings is 2. The van der Waals surface area contributed by atoms with Crippen LogP contribution < -0.4 is 0 Å². The molecule has 0 spiro atoms. The van der Waals surface area contributed by atoms with Crippen molar-refractivity contribution in [1.82, 2.24) is 14.1 Å². The Labute approximate surface area is 176 Å². The first-order valence-corrected chi connectivity index (χ1v) is 10.9. The summed E-state index contributed by atoms with van der Waals surface area (Å²) in [5.74, 6) is -1.76. The van der Waals surface area contributed by atoms with E-state index >= 15 is 0 Å². The zero-order valence-corrected chi connectivity index (χ0v) is 17.0. The molecule has 1 aromatic heterocycles. The van der Waals surface area contributed by atoms with Gasteiger partial charge in [0.1, 0.15) is 18.2 Å². The molecule has 0 unspecified atom stereocenters. The van der Waals surface area contributed by atoms with E-state index in [-0.39, 0.29) is 35.7 Å². The number of nitrogens with zero attached hydrogens (tertiary/aromatic N) is 3. The molecule has 0 bridgehead atoms. The fraction of sp³-hybridized carbons (Fsp3) is 0.300. The van der Waals surface area contributed by atoms with Crippen molar-refractivity contribution in [3.63, 3.8) is 0 Å². The predicted octanol–water partition coefficient (Wildman–Crippen LogP) is 2.48. The Bertz CT molecular complexity index is 1240. The highest BCUT2D eigenvalue weighted by atomic mass is 32.2. The SMILES string of the molecule is O=C(O)Cc1nn([C@@H]2C[C@@H](CF)N(S(=O)(=O)c3ccc(O)cc3)C2)c2cc(F)ccc12. The van der Waals surface area contributed by atoms with E-state index < -0.39 is 40.6 Å². The van der Waals surface area contributed by atoms with Gasteiger partial charge in [-0.2, -0.15) is 9.40 Å². The molecule has 2 atom stereocenters. The van der Waals surface area contributed by atoms with E-state index in [0.29, 0.717) is 10.9 Å². The van der Waals surface area contributed by atoms with E-state index in [0.717, 1.165) is 4.31 Å². The number of carboxylic acid groups (broad SMARTS) is 1. The van der Waals surface area contributed by atoms with Crippen LogP contribution in [0.3, 0.4) is 0 Å². The molecule has 0 radical (unpaired) electrons. The molecule has 164 valence electrons. The number of aliphatic carboxylic acids is 1. The van der Waals surface area contributed by atoms with E-state index in [1.807, 2.05) is 0 Å². The summed E-state index contributed by atoms with van der Waals surface area (Å²) in [5.41, 5.74) is 0.543. The lowest BCUT2D eigenvalue weighted by Gasteiger charge is -2.21. The maximum atomic E-state index is 13.9. The molecule has 1 aliphatic rings. The molecular formula is C20H19F2N3O5S. The number of halogens is 2. The van der Waals surface area contributed by atoms with Crippen molar-refractivity contribution in [1.29, 1.82) is 0 Å². The number of fused-ring (bicyclic) bond motifs is 1. The van der Waals surface area contributed by atoms with Crippen LogP contribution in [0.25, 0.3) is 10.9 Å². The summed E-state index contributed by atoms with van der Waals surface area (Å²) in [4.78, 5) is 11.1. The van der Waals surface area contributed by atoms with Gasteiger partial charge in [-0.05, 0) is 48.9 Å². The second-order valence-corrected chi connectivity index (χ2v) is 9.28. The van der Waals surface area contributed by atoms with Crippen LogP contribution >= 0.6 is 0 Å². The standard InChI is InChI=1S/C20H19F2N3O5S/c21-10-13-8-14(11-24(13)31(29,30)16-4-2-15(26)3-5-16)25-19-7-12(22)1-6-17(19)18(23-25)9-20(27)28/h1-7,13-14,26H,8-11H2,(H,27,28)/t13-,14+/m0/s1. The fourth-order valence-corrected chi connectivity index (χ4v) is 5.61. The number of aromatic hydroxyl groups is 1. The number of hydrogen-bond acceptors (Lipinski definition) is 5. The van der Waals surface area contributed by atoms with E-state index in [1.165, 1.54) is 47.1 Å². The number of rotatable bonds is 6. The Morgan fingerprint density at radius 2 is 1.90 bits per heavy atom. The Hall–Kier alpha value is -3.05. The van der Waals surface area contributed by atoms with E-state index in [1.54, 1.807) is 0 Å². The van der Waals surface area contributed by atoms with Gasteiger partial charge in [0, 0.05) is 11.9 Å². The van der Waals surface area contributed by atoms with Crippen LogP contribution in [0.5, 0.6) is 5.75 Å². The molecule has 0 amide bonds. The first-order valence-electron chi connectivity index (χ1n) is 9.46. The molecule has 0 aliphatic carbocycles. The second-order valence-electron chi connectivity index (χ2n) is 7.39. The molecule has 1 saturated heterocycles. The summed E-state index contributed by atoms with van der Waals surface area (Å²) < 4.78 is 56.3. The van der Waals surface area contributed by atoms with Crippen molar-refractivity contribution in [2.75, 3.05) is 13.2 Å². The van der Waals surface area contributed by atoms with Crippen molar-refractivity contribution in [2.45, 2.75) is 29.8 Å². The van der Waals surface area contributed by atoms with Crippen molar-refractivity contribution in [3.05, 3.63) is 54.0 Å². The zero-order valence-electron chi connectivity index (χ0n) is 16.1. The molecular weight excluding hydrogens is 432 g/mol. The van der Waals surface area contributed by atoms with Crippen molar-refractivity contribution in [3.8, 4) is 5.75 Å². The average Bonchev–Trinajstić information content (AvgIpc) is 3.30. The Morgan fingerprint density at radius 1 is 1.19 bits per heavy atom. The van der Waals surface area contributed by atoms with Gasteiger partial charge in [0.25, 0.3) is 0 Å². The van der Waals surface area contributed by atoms with Gasteiger partial charge < -0.3 is 10.2 Å². The summed E-state index contributed by atoms with van der Waals surface area (Å²) in [6.07, 6.45) is -0.294. The first-order chi connectivity index (χ1) is 14.7. The maximum absolute atomic E-state index is 13.9. The van der Waals surface area contributed by atoms with Crippen LogP contribution in [0.1, 0.15) is 18.2 Å². The molecule has 2 aromatic carbocycles. The number of aromatic nitrogens is 2. The third-order valence-corrected chi connectivity index (χ3v) is 7.31. The lowest BCUT2D eigenvalue weighted by molar-refractivity contribution is -0.136. The molecule has 3 aromatic rings. The van der Waals surface area contributed by atoms with Crippen LogP contribution in [0.15, 0.2) is 47.4 Å². The van der Waals surface area contributed by atoms with Crippen molar-refractivity contribution < 1.29 is 32.2 Å². The van der Waals surface area contributed by atoms with Gasteiger partial charge in [-0.15, -0.1) is 0 Å². The molecule has 1 aliphatic heterocycles. The molecule has 2 heterocycles. The third kappa shape index (κ3) is 3.86. The minimum atomic E-state index is -4.06. The zero-order chi connectivity index (χ0) is 22.3. The normalized spacial score (nSPS) is 19.8. The van der Waals surface area contributed by atoms with Crippen LogP contribution in [-0.4, -0.2) is 57.9 Å². The summed E-state index contributed by atoms with van der Waals surface area (Å²) >= 11 is 0. The number of carbonyl (C=O) groups is 1. The third-order valence-electron chi connectivity index (χ3n) is 5.37. The molecule has 2 N–H and O–H groups in total. The van der Waals surface area contributed by atoms with Crippen LogP contribution in [0.2, 0.25) is 0 Å². The summed E-state index contributed by atoms with van der Waals surface area (Å²) in [5, 5.41) is 23.3. The van der Waals surface area contributed by atoms with Gasteiger partial charge in [-0.1, -0.05) is 0 Å². The van der Waals surface area contributed by atoms with E-state index in [9.17, 15) is 27.1 Å².